The molecule has 1 aromatic rings. The molecule has 2 heterocycles. The molecule has 0 amide bonds. The van der Waals surface area contributed by atoms with Crippen LogP contribution < -0.4 is 0 Å². The number of Topliss-reactive ketones (excluding diaryl/α,β-unsaturated/α-hetero) is 1. The van der Waals surface area contributed by atoms with Crippen molar-refractivity contribution in [3.05, 3.63) is 29.6 Å². The Balaban J connectivity index is 2.28. The standard InChI is InChI=1S/C13H17NO2/c1-10-5-7-14-9-11(10)12(15)13(2)6-3-4-8-16-13/h5,7,9H,3-4,6,8H2,1-2H3. The minimum atomic E-state index is -0.647. The summed E-state index contributed by atoms with van der Waals surface area (Å²) in [5.74, 6) is 0.0674. The molecule has 0 aromatic carbocycles. The highest BCUT2D eigenvalue weighted by molar-refractivity contribution is 6.03. The lowest BCUT2D eigenvalue weighted by Crippen LogP contribution is -2.41. The van der Waals surface area contributed by atoms with Gasteiger partial charge in [-0.15, -0.1) is 0 Å². The molecule has 16 heavy (non-hydrogen) atoms. The minimum absolute atomic E-state index is 0.0674. The highest BCUT2D eigenvalue weighted by Gasteiger charge is 2.37. The van der Waals surface area contributed by atoms with Gasteiger partial charge in [0.05, 0.1) is 0 Å². The predicted octanol–water partition coefficient (Wildman–Crippen LogP) is 2.53. The first-order valence-electron chi connectivity index (χ1n) is 5.73. The van der Waals surface area contributed by atoms with Crippen LogP contribution in [0, 0.1) is 6.92 Å². The Bertz CT molecular complexity index is 395. The van der Waals surface area contributed by atoms with Crippen LogP contribution in [0.1, 0.15) is 42.1 Å². The Morgan fingerprint density at radius 1 is 1.50 bits per heavy atom. The number of hydrogen-bond donors (Lipinski definition) is 0. The van der Waals surface area contributed by atoms with Crippen LogP contribution in [0.5, 0.6) is 0 Å². The Labute approximate surface area is 95.8 Å². The second-order valence-electron chi connectivity index (χ2n) is 4.56. The topological polar surface area (TPSA) is 39.2 Å². The first kappa shape index (κ1) is 11.3. The summed E-state index contributed by atoms with van der Waals surface area (Å²) in [5, 5.41) is 0. The number of aromatic nitrogens is 1. The monoisotopic (exact) mass is 219 g/mol. The third-order valence-electron chi connectivity index (χ3n) is 3.23. The number of nitrogens with zero attached hydrogens (tertiary/aromatic N) is 1. The zero-order valence-electron chi connectivity index (χ0n) is 9.82. The van der Waals surface area contributed by atoms with Gasteiger partial charge in [0.2, 0.25) is 0 Å². The van der Waals surface area contributed by atoms with Crippen molar-refractivity contribution in [3.63, 3.8) is 0 Å². The van der Waals surface area contributed by atoms with Crippen LogP contribution in [0.15, 0.2) is 18.5 Å². The van der Waals surface area contributed by atoms with Crippen molar-refractivity contribution in [2.24, 2.45) is 0 Å². The van der Waals surface area contributed by atoms with Crippen molar-refractivity contribution in [3.8, 4) is 0 Å². The van der Waals surface area contributed by atoms with Crippen LogP contribution in [0.4, 0.5) is 0 Å². The van der Waals surface area contributed by atoms with Gasteiger partial charge in [-0.2, -0.15) is 0 Å². The number of aryl methyl sites for hydroxylation is 1. The maximum absolute atomic E-state index is 12.4. The molecule has 1 aromatic heterocycles. The quantitative estimate of drug-likeness (QED) is 0.717. The summed E-state index contributed by atoms with van der Waals surface area (Å²) in [6, 6.07) is 1.86. The maximum atomic E-state index is 12.4. The average Bonchev–Trinajstić information content (AvgIpc) is 2.30. The fourth-order valence-electron chi connectivity index (χ4n) is 2.10. The molecule has 0 spiro atoms. The van der Waals surface area contributed by atoms with Gasteiger partial charge in [0.1, 0.15) is 5.60 Å². The largest absolute Gasteiger partial charge is 0.367 e. The van der Waals surface area contributed by atoms with Gasteiger partial charge in [0, 0.05) is 24.6 Å². The van der Waals surface area contributed by atoms with Gasteiger partial charge in [-0.05, 0) is 44.7 Å². The molecule has 1 unspecified atom stereocenters. The molecule has 1 fully saturated rings. The van der Waals surface area contributed by atoms with Crippen molar-refractivity contribution in [1.29, 1.82) is 0 Å². The molecule has 2 rings (SSSR count). The average molecular weight is 219 g/mol. The summed E-state index contributed by atoms with van der Waals surface area (Å²) in [7, 11) is 0. The van der Waals surface area contributed by atoms with E-state index in [9.17, 15) is 4.79 Å². The van der Waals surface area contributed by atoms with E-state index in [0.717, 1.165) is 24.8 Å². The molecule has 0 saturated carbocycles. The molecule has 0 N–H and O–H groups in total. The summed E-state index contributed by atoms with van der Waals surface area (Å²) in [6.07, 6.45) is 6.26. The van der Waals surface area contributed by atoms with Crippen molar-refractivity contribution < 1.29 is 9.53 Å². The van der Waals surface area contributed by atoms with Gasteiger partial charge in [0.15, 0.2) is 5.78 Å². The zero-order chi connectivity index (χ0) is 11.6. The van der Waals surface area contributed by atoms with Crippen LogP contribution in [0.25, 0.3) is 0 Å². The van der Waals surface area contributed by atoms with Gasteiger partial charge in [0.25, 0.3) is 0 Å². The molecule has 1 aliphatic heterocycles. The van der Waals surface area contributed by atoms with E-state index in [-0.39, 0.29) is 5.78 Å². The summed E-state index contributed by atoms with van der Waals surface area (Å²) in [5.41, 5.74) is 1.01. The van der Waals surface area contributed by atoms with Crippen molar-refractivity contribution in [2.75, 3.05) is 6.61 Å². The SMILES string of the molecule is Cc1ccncc1C(=O)C1(C)CCCCO1. The number of carbonyl (C=O) groups is 1. The summed E-state index contributed by atoms with van der Waals surface area (Å²) < 4.78 is 5.66. The third-order valence-corrected chi connectivity index (χ3v) is 3.23. The summed E-state index contributed by atoms with van der Waals surface area (Å²) in [6.45, 7) is 4.50. The van der Waals surface area contributed by atoms with Crippen LogP contribution in [-0.4, -0.2) is 23.0 Å². The summed E-state index contributed by atoms with van der Waals surface area (Å²) >= 11 is 0. The second-order valence-corrected chi connectivity index (χ2v) is 4.56. The number of ether oxygens (including phenoxy) is 1. The smallest absolute Gasteiger partial charge is 0.196 e. The van der Waals surface area contributed by atoms with Crippen molar-refractivity contribution in [2.45, 2.75) is 38.7 Å². The third kappa shape index (κ3) is 2.00. The molecule has 1 saturated heterocycles. The van der Waals surface area contributed by atoms with Crippen LogP contribution in [0.2, 0.25) is 0 Å². The van der Waals surface area contributed by atoms with E-state index in [2.05, 4.69) is 4.98 Å². The normalized spacial score (nSPS) is 25.4. The van der Waals surface area contributed by atoms with Gasteiger partial charge < -0.3 is 4.74 Å². The molecule has 0 radical (unpaired) electrons. The number of carbonyl (C=O) groups excluding carboxylic acids is 1. The van der Waals surface area contributed by atoms with E-state index in [4.69, 9.17) is 4.74 Å². The van der Waals surface area contributed by atoms with E-state index < -0.39 is 5.60 Å². The van der Waals surface area contributed by atoms with E-state index >= 15 is 0 Å². The zero-order valence-corrected chi connectivity index (χ0v) is 9.82. The first-order valence-corrected chi connectivity index (χ1v) is 5.73. The summed E-state index contributed by atoms with van der Waals surface area (Å²) in [4.78, 5) is 16.4. The Morgan fingerprint density at radius 2 is 2.31 bits per heavy atom. The van der Waals surface area contributed by atoms with E-state index in [0.29, 0.717) is 12.2 Å². The Hall–Kier alpha value is -1.22. The van der Waals surface area contributed by atoms with Gasteiger partial charge in [-0.3, -0.25) is 9.78 Å². The number of ketones is 1. The molecule has 0 aliphatic carbocycles. The maximum Gasteiger partial charge on any atom is 0.196 e. The second kappa shape index (κ2) is 4.34. The fraction of sp³-hybridized carbons (Fsp3) is 0.538. The minimum Gasteiger partial charge on any atom is -0.367 e. The molecular formula is C13H17NO2. The van der Waals surface area contributed by atoms with E-state index in [1.54, 1.807) is 12.4 Å². The van der Waals surface area contributed by atoms with Crippen LogP contribution in [-0.2, 0) is 4.74 Å². The van der Waals surface area contributed by atoms with E-state index in [1.165, 1.54) is 0 Å². The molecular weight excluding hydrogens is 202 g/mol. The lowest BCUT2D eigenvalue weighted by Gasteiger charge is -2.32. The number of rotatable bonds is 2. The lowest BCUT2D eigenvalue weighted by atomic mass is 9.87. The molecule has 3 heteroatoms. The molecule has 1 aliphatic rings. The predicted molar refractivity (Wildman–Crippen MR) is 61.5 cm³/mol. The highest BCUT2D eigenvalue weighted by atomic mass is 16.5. The highest BCUT2D eigenvalue weighted by Crippen LogP contribution is 2.28. The molecule has 3 nitrogen and oxygen atoms in total. The lowest BCUT2D eigenvalue weighted by molar-refractivity contribution is -0.0426. The van der Waals surface area contributed by atoms with Crippen LogP contribution in [0.3, 0.4) is 0 Å². The van der Waals surface area contributed by atoms with E-state index in [1.807, 2.05) is 19.9 Å². The first-order chi connectivity index (χ1) is 7.63. The molecule has 1 atom stereocenters. The number of hydrogen-bond acceptors (Lipinski definition) is 3. The fourth-order valence-corrected chi connectivity index (χ4v) is 2.10. The van der Waals surface area contributed by atoms with Gasteiger partial charge in [-0.25, -0.2) is 0 Å². The Morgan fingerprint density at radius 3 is 2.94 bits per heavy atom. The van der Waals surface area contributed by atoms with Crippen LogP contribution >= 0.6 is 0 Å². The van der Waals surface area contributed by atoms with Gasteiger partial charge in [-0.1, -0.05) is 0 Å². The molecule has 86 valence electrons. The van der Waals surface area contributed by atoms with Gasteiger partial charge >= 0.3 is 0 Å². The Kier molecular flexibility index (Phi) is 3.06. The van der Waals surface area contributed by atoms with Crippen molar-refractivity contribution >= 4 is 5.78 Å². The molecule has 0 bridgehead atoms. The van der Waals surface area contributed by atoms with Crippen molar-refractivity contribution in [1.82, 2.24) is 4.98 Å². The number of pyridine rings is 1.